The van der Waals surface area contributed by atoms with Gasteiger partial charge in [0.25, 0.3) is 0 Å². The van der Waals surface area contributed by atoms with E-state index in [0.717, 1.165) is 12.8 Å². The summed E-state index contributed by atoms with van der Waals surface area (Å²) in [5, 5.41) is 0. The highest BCUT2D eigenvalue weighted by Gasteiger charge is 2.37. The molecule has 0 N–H and O–H groups in total. The first kappa shape index (κ1) is 14.2. The Balaban J connectivity index is 2.54. The third-order valence-corrected chi connectivity index (χ3v) is 3.55. The van der Waals surface area contributed by atoms with Gasteiger partial charge in [0.05, 0.1) is 11.7 Å². The van der Waals surface area contributed by atoms with Crippen molar-refractivity contribution < 1.29 is 9.53 Å². The zero-order valence-corrected chi connectivity index (χ0v) is 11.5. The number of allylic oxidation sites excluding steroid dienone is 2. The molecule has 17 heavy (non-hydrogen) atoms. The summed E-state index contributed by atoms with van der Waals surface area (Å²) in [4.78, 5) is 12.0. The Kier molecular flexibility index (Phi) is 4.70. The molecular formula is C15H24O2. The minimum atomic E-state index is -0.240. The van der Waals surface area contributed by atoms with E-state index >= 15 is 0 Å². The summed E-state index contributed by atoms with van der Waals surface area (Å²) in [6, 6.07) is 0. The SMILES string of the molecule is C=CC1(C)CCC(C(C)C(=O)CC=C(C)C)O1. The number of carbonyl (C=O) groups excluding carboxylic acids is 1. The second-order valence-electron chi connectivity index (χ2n) is 5.45. The summed E-state index contributed by atoms with van der Waals surface area (Å²) in [5.41, 5.74) is 0.948. The molecule has 0 saturated carbocycles. The third-order valence-electron chi connectivity index (χ3n) is 3.55. The lowest BCUT2D eigenvalue weighted by Gasteiger charge is -2.23. The van der Waals surface area contributed by atoms with Crippen molar-refractivity contribution in [2.45, 2.75) is 58.7 Å². The van der Waals surface area contributed by atoms with Crippen LogP contribution in [0.25, 0.3) is 0 Å². The maximum Gasteiger partial charge on any atom is 0.142 e. The largest absolute Gasteiger partial charge is 0.367 e. The van der Waals surface area contributed by atoms with E-state index in [4.69, 9.17) is 4.74 Å². The molecule has 3 atom stereocenters. The molecule has 3 unspecified atom stereocenters. The summed E-state index contributed by atoms with van der Waals surface area (Å²) < 4.78 is 5.93. The predicted octanol–water partition coefficient (Wildman–Crippen LogP) is 3.67. The molecule has 1 aliphatic heterocycles. The number of carbonyl (C=O) groups is 1. The molecule has 1 heterocycles. The molecule has 1 aliphatic rings. The van der Waals surface area contributed by atoms with Crippen LogP contribution >= 0.6 is 0 Å². The van der Waals surface area contributed by atoms with Crippen LogP contribution in [0.1, 0.15) is 47.0 Å². The van der Waals surface area contributed by atoms with Crippen molar-refractivity contribution in [1.82, 2.24) is 0 Å². The molecule has 1 fully saturated rings. The van der Waals surface area contributed by atoms with Crippen molar-refractivity contribution in [3.8, 4) is 0 Å². The van der Waals surface area contributed by atoms with Gasteiger partial charge in [-0.25, -0.2) is 0 Å². The molecular weight excluding hydrogens is 212 g/mol. The normalized spacial score (nSPS) is 29.8. The summed E-state index contributed by atoms with van der Waals surface area (Å²) in [5.74, 6) is 0.247. The Bertz CT molecular complexity index is 326. The van der Waals surface area contributed by atoms with Gasteiger partial charge in [-0.1, -0.05) is 24.6 Å². The predicted molar refractivity (Wildman–Crippen MR) is 70.9 cm³/mol. The maximum absolute atomic E-state index is 12.0. The smallest absolute Gasteiger partial charge is 0.142 e. The Morgan fingerprint density at radius 1 is 1.59 bits per heavy atom. The molecule has 2 heteroatoms. The zero-order valence-electron chi connectivity index (χ0n) is 11.5. The molecule has 1 rings (SSSR count). The highest BCUT2D eigenvalue weighted by atomic mass is 16.5. The van der Waals surface area contributed by atoms with E-state index in [1.165, 1.54) is 5.57 Å². The van der Waals surface area contributed by atoms with Gasteiger partial charge in [-0.15, -0.1) is 6.58 Å². The Hall–Kier alpha value is -0.890. The van der Waals surface area contributed by atoms with E-state index in [9.17, 15) is 4.79 Å². The molecule has 2 nitrogen and oxygen atoms in total. The van der Waals surface area contributed by atoms with E-state index < -0.39 is 0 Å². The van der Waals surface area contributed by atoms with Gasteiger partial charge in [-0.2, -0.15) is 0 Å². The molecule has 0 bridgehead atoms. The quantitative estimate of drug-likeness (QED) is 0.681. The third kappa shape index (κ3) is 3.81. The van der Waals surface area contributed by atoms with Crippen LogP contribution in [0.2, 0.25) is 0 Å². The van der Waals surface area contributed by atoms with E-state index in [0.29, 0.717) is 6.42 Å². The monoisotopic (exact) mass is 236 g/mol. The Morgan fingerprint density at radius 3 is 2.71 bits per heavy atom. The molecule has 0 spiro atoms. The average Bonchev–Trinajstić information content (AvgIpc) is 2.68. The minimum absolute atomic E-state index is 0.0209. The fraction of sp³-hybridized carbons (Fsp3) is 0.667. The van der Waals surface area contributed by atoms with E-state index in [-0.39, 0.29) is 23.4 Å². The maximum atomic E-state index is 12.0. The molecule has 0 aliphatic carbocycles. The number of rotatable bonds is 5. The van der Waals surface area contributed by atoms with Crippen LogP contribution < -0.4 is 0 Å². The van der Waals surface area contributed by atoms with Gasteiger partial charge in [0.2, 0.25) is 0 Å². The van der Waals surface area contributed by atoms with Gasteiger partial charge in [-0.3, -0.25) is 4.79 Å². The van der Waals surface area contributed by atoms with E-state index in [1.807, 2.05) is 39.8 Å². The standard InChI is InChI=1S/C15H24O2/c1-6-15(5)10-9-14(17-15)12(4)13(16)8-7-11(2)3/h6-7,12,14H,1,8-10H2,2-5H3. The fourth-order valence-corrected chi connectivity index (χ4v) is 2.09. The molecule has 0 aromatic carbocycles. The van der Waals surface area contributed by atoms with Crippen LogP contribution in [0, 0.1) is 5.92 Å². The van der Waals surface area contributed by atoms with E-state index in [1.54, 1.807) is 0 Å². The van der Waals surface area contributed by atoms with Crippen molar-refractivity contribution in [3.05, 3.63) is 24.3 Å². The van der Waals surface area contributed by atoms with Crippen molar-refractivity contribution in [1.29, 1.82) is 0 Å². The first-order valence-corrected chi connectivity index (χ1v) is 6.35. The van der Waals surface area contributed by atoms with Crippen molar-refractivity contribution in [2.24, 2.45) is 5.92 Å². The summed E-state index contributed by atoms with van der Waals surface area (Å²) in [6.07, 6.45) is 6.32. The Morgan fingerprint density at radius 2 is 2.24 bits per heavy atom. The molecule has 0 aromatic rings. The van der Waals surface area contributed by atoms with Crippen molar-refractivity contribution >= 4 is 5.78 Å². The topological polar surface area (TPSA) is 26.3 Å². The number of hydrogen-bond donors (Lipinski definition) is 0. The fourth-order valence-electron chi connectivity index (χ4n) is 2.09. The lowest BCUT2D eigenvalue weighted by atomic mass is 9.94. The minimum Gasteiger partial charge on any atom is -0.367 e. The van der Waals surface area contributed by atoms with Crippen molar-refractivity contribution in [3.63, 3.8) is 0 Å². The van der Waals surface area contributed by atoms with Gasteiger partial charge in [0, 0.05) is 12.3 Å². The van der Waals surface area contributed by atoms with Gasteiger partial charge in [-0.05, 0) is 33.6 Å². The van der Waals surface area contributed by atoms with Crippen LogP contribution in [0.3, 0.4) is 0 Å². The molecule has 0 radical (unpaired) electrons. The number of hydrogen-bond acceptors (Lipinski definition) is 2. The van der Waals surface area contributed by atoms with Gasteiger partial charge in [0.1, 0.15) is 5.78 Å². The first-order chi connectivity index (χ1) is 7.88. The number of ether oxygens (including phenoxy) is 1. The average molecular weight is 236 g/mol. The lowest BCUT2D eigenvalue weighted by molar-refractivity contribution is -0.127. The second-order valence-corrected chi connectivity index (χ2v) is 5.45. The summed E-state index contributed by atoms with van der Waals surface area (Å²) >= 11 is 0. The number of Topliss-reactive ketones (excluding diaryl/α,β-unsaturated/α-hetero) is 1. The van der Waals surface area contributed by atoms with Crippen LogP contribution in [0.5, 0.6) is 0 Å². The molecule has 1 saturated heterocycles. The zero-order chi connectivity index (χ0) is 13.1. The van der Waals surface area contributed by atoms with Gasteiger partial charge in [0.15, 0.2) is 0 Å². The lowest BCUT2D eigenvalue weighted by Crippen LogP contribution is -2.29. The second kappa shape index (κ2) is 5.63. The van der Waals surface area contributed by atoms with Crippen LogP contribution in [-0.2, 0) is 9.53 Å². The summed E-state index contributed by atoms with van der Waals surface area (Å²) in [6.45, 7) is 11.8. The Labute approximate surface area is 105 Å². The molecule has 0 amide bonds. The first-order valence-electron chi connectivity index (χ1n) is 6.35. The highest BCUT2D eigenvalue weighted by Crippen LogP contribution is 2.34. The van der Waals surface area contributed by atoms with Gasteiger partial charge < -0.3 is 4.74 Å². The highest BCUT2D eigenvalue weighted by molar-refractivity contribution is 5.82. The van der Waals surface area contributed by atoms with E-state index in [2.05, 4.69) is 6.58 Å². The van der Waals surface area contributed by atoms with Crippen LogP contribution in [0.15, 0.2) is 24.3 Å². The molecule has 96 valence electrons. The van der Waals surface area contributed by atoms with Crippen LogP contribution in [-0.4, -0.2) is 17.5 Å². The number of ketones is 1. The summed E-state index contributed by atoms with van der Waals surface area (Å²) in [7, 11) is 0. The van der Waals surface area contributed by atoms with Crippen molar-refractivity contribution in [2.75, 3.05) is 0 Å². The van der Waals surface area contributed by atoms with Gasteiger partial charge >= 0.3 is 0 Å². The molecule has 0 aromatic heterocycles. The van der Waals surface area contributed by atoms with Crippen LogP contribution in [0.4, 0.5) is 0 Å².